The summed E-state index contributed by atoms with van der Waals surface area (Å²) in [6, 6.07) is 48.5. The standard InChI is InChI=1S/C42H34N4/c1-44-33(28-43-27-29-22-23-30-12-5-6-13-31(30)24-29)16-11-21-42(44)46-39-20-10-8-18-35(39)37-25-36-34-17-7-9-19-38(34)45(40(36)26-41(37)46)32-14-3-2-4-15-32/h2-26,42-43H,27-28H2,1H3. The molecule has 1 atom stereocenters. The van der Waals surface area contributed by atoms with E-state index in [4.69, 9.17) is 0 Å². The Kier molecular flexibility index (Phi) is 6.29. The summed E-state index contributed by atoms with van der Waals surface area (Å²) >= 11 is 0. The Bertz CT molecular complexity index is 2480. The lowest BCUT2D eigenvalue weighted by Crippen LogP contribution is -2.33. The minimum Gasteiger partial charge on any atom is -0.353 e. The number of nitrogens with one attached hydrogen (secondary N) is 1. The first kappa shape index (κ1) is 26.8. The molecule has 222 valence electrons. The topological polar surface area (TPSA) is 25.1 Å². The van der Waals surface area contributed by atoms with Gasteiger partial charge < -0.3 is 19.4 Å². The Morgan fingerprint density at radius 1 is 0.565 bits per heavy atom. The molecule has 8 aromatic rings. The zero-order chi connectivity index (χ0) is 30.6. The summed E-state index contributed by atoms with van der Waals surface area (Å²) in [7, 11) is 2.22. The van der Waals surface area contributed by atoms with Crippen molar-refractivity contribution in [3.63, 3.8) is 0 Å². The van der Waals surface area contributed by atoms with Crippen molar-refractivity contribution >= 4 is 54.4 Å². The molecule has 0 aliphatic carbocycles. The van der Waals surface area contributed by atoms with Gasteiger partial charge in [0.05, 0.1) is 22.1 Å². The number of nitrogens with zero attached hydrogens (tertiary/aromatic N) is 3. The van der Waals surface area contributed by atoms with Crippen molar-refractivity contribution < 1.29 is 0 Å². The van der Waals surface area contributed by atoms with Crippen LogP contribution >= 0.6 is 0 Å². The highest BCUT2D eigenvalue weighted by Crippen LogP contribution is 2.40. The van der Waals surface area contributed by atoms with E-state index in [1.54, 1.807) is 0 Å². The smallest absolute Gasteiger partial charge is 0.125 e. The van der Waals surface area contributed by atoms with Gasteiger partial charge >= 0.3 is 0 Å². The molecule has 0 spiro atoms. The van der Waals surface area contributed by atoms with Crippen LogP contribution in [0.2, 0.25) is 0 Å². The lowest BCUT2D eigenvalue weighted by atomic mass is 10.1. The Morgan fingerprint density at radius 3 is 2.11 bits per heavy atom. The molecule has 0 fully saturated rings. The molecule has 4 nitrogen and oxygen atoms in total. The van der Waals surface area contributed by atoms with Crippen LogP contribution in [0.1, 0.15) is 11.7 Å². The maximum absolute atomic E-state index is 3.71. The van der Waals surface area contributed by atoms with Gasteiger partial charge in [-0.05, 0) is 71.0 Å². The number of fused-ring (bicyclic) bond motifs is 7. The molecule has 1 aliphatic heterocycles. The predicted molar refractivity (Wildman–Crippen MR) is 193 cm³/mol. The number of para-hydroxylation sites is 3. The van der Waals surface area contributed by atoms with Crippen molar-refractivity contribution in [3.8, 4) is 5.69 Å². The number of allylic oxidation sites excluding steroid dienone is 2. The largest absolute Gasteiger partial charge is 0.353 e. The second-order valence-electron chi connectivity index (χ2n) is 12.3. The van der Waals surface area contributed by atoms with E-state index in [2.05, 4.69) is 178 Å². The zero-order valence-corrected chi connectivity index (χ0v) is 25.8. The molecule has 1 aliphatic rings. The third-order valence-electron chi connectivity index (χ3n) is 9.65. The highest BCUT2D eigenvalue weighted by Gasteiger charge is 2.24. The quantitative estimate of drug-likeness (QED) is 0.207. The second-order valence-corrected chi connectivity index (χ2v) is 12.3. The molecule has 3 heterocycles. The fourth-order valence-electron chi connectivity index (χ4n) is 7.41. The second kappa shape index (κ2) is 10.8. The highest BCUT2D eigenvalue weighted by atomic mass is 15.3. The third-order valence-corrected chi connectivity index (χ3v) is 9.65. The number of hydrogen-bond donors (Lipinski definition) is 1. The number of aromatic nitrogens is 2. The van der Waals surface area contributed by atoms with Gasteiger partial charge in [0.2, 0.25) is 0 Å². The lowest BCUT2D eigenvalue weighted by Gasteiger charge is -2.34. The van der Waals surface area contributed by atoms with E-state index in [9.17, 15) is 0 Å². The van der Waals surface area contributed by atoms with Crippen molar-refractivity contribution in [1.82, 2.24) is 19.4 Å². The summed E-state index contributed by atoms with van der Waals surface area (Å²) in [4.78, 5) is 2.41. The molecule has 1 N–H and O–H groups in total. The van der Waals surface area contributed by atoms with Gasteiger partial charge in [-0.3, -0.25) is 0 Å². The molecule has 0 bridgehead atoms. The van der Waals surface area contributed by atoms with Crippen molar-refractivity contribution in [2.45, 2.75) is 12.7 Å². The van der Waals surface area contributed by atoms with Gasteiger partial charge in [0, 0.05) is 53.1 Å². The first-order chi connectivity index (χ1) is 22.7. The van der Waals surface area contributed by atoms with Crippen LogP contribution in [0.5, 0.6) is 0 Å². The fraction of sp³-hybridized carbons (Fsp3) is 0.0952. The summed E-state index contributed by atoms with van der Waals surface area (Å²) in [6.45, 7) is 1.61. The molecule has 0 saturated carbocycles. The first-order valence-corrected chi connectivity index (χ1v) is 16.0. The zero-order valence-electron chi connectivity index (χ0n) is 25.8. The summed E-state index contributed by atoms with van der Waals surface area (Å²) in [5.74, 6) is 0. The minimum absolute atomic E-state index is 0.0388. The molecular formula is C42H34N4. The number of likely N-dealkylation sites (N-methyl/N-ethyl adjacent to an activating group) is 1. The van der Waals surface area contributed by atoms with Gasteiger partial charge in [-0.1, -0.05) is 97.1 Å². The molecule has 46 heavy (non-hydrogen) atoms. The summed E-state index contributed by atoms with van der Waals surface area (Å²) in [5, 5.41) is 11.4. The van der Waals surface area contributed by atoms with Crippen LogP contribution in [0, 0.1) is 0 Å². The first-order valence-electron chi connectivity index (χ1n) is 16.0. The molecule has 0 radical (unpaired) electrons. The molecule has 0 saturated heterocycles. The monoisotopic (exact) mass is 594 g/mol. The number of benzene rings is 6. The molecular weight excluding hydrogens is 560 g/mol. The van der Waals surface area contributed by atoms with Gasteiger partial charge in [-0.25, -0.2) is 0 Å². The average Bonchev–Trinajstić information content (AvgIpc) is 3.60. The Balaban J connectivity index is 1.12. The van der Waals surface area contributed by atoms with Gasteiger partial charge in [-0.2, -0.15) is 0 Å². The molecule has 4 heteroatoms. The maximum atomic E-state index is 3.71. The van der Waals surface area contributed by atoms with Crippen molar-refractivity contribution in [1.29, 1.82) is 0 Å². The van der Waals surface area contributed by atoms with Crippen LogP contribution in [0.25, 0.3) is 60.1 Å². The van der Waals surface area contributed by atoms with E-state index in [0.717, 1.165) is 13.1 Å². The van der Waals surface area contributed by atoms with Crippen molar-refractivity contribution in [3.05, 3.63) is 163 Å². The summed E-state index contributed by atoms with van der Waals surface area (Å²) < 4.78 is 4.93. The predicted octanol–water partition coefficient (Wildman–Crippen LogP) is 9.72. The number of rotatable bonds is 6. The van der Waals surface area contributed by atoms with Gasteiger partial charge in [-0.15, -0.1) is 0 Å². The normalized spacial score (nSPS) is 15.1. The SMILES string of the molecule is CN1C(CNCc2ccc3ccccc3c2)=CC=CC1n1c2ccccc2c2cc3c4ccccc4n(-c4ccccc4)c3cc21. The van der Waals surface area contributed by atoms with Crippen LogP contribution in [0.15, 0.2) is 157 Å². The van der Waals surface area contributed by atoms with E-state index in [1.165, 1.54) is 71.3 Å². The van der Waals surface area contributed by atoms with E-state index in [-0.39, 0.29) is 6.17 Å². The summed E-state index contributed by atoms with van der Waals surface area (Å²) in [5.41, 5.74) is 8.66. The van der Waals surface area contributed by atoms with Crippen molar-refractivity contribution in [2.75, 3.05) is 13.6 Å². The van der Waals surface area contributed by atoms with E-state index in [0.29, 0.717) is 0 Å². The molecule has 2 aromatic heterocycles. The van der Waals surface area contributed by atoms with Crippen LogP contribution < -0.4 is 5.32 Å². The highest BCUT2D eigenvalue weighted by molar-refractivity contribution is 6.18. The third kappa shape index (κ3) is 4.26. The molecule has 1 unspecified atom stereocenters. The Labute approximate surface area is 268 Å². The molecule has 6 aromatic carbocycles. The van der Waals surface area contributed by atoms with Crippen LogP contribution in [0.3, 0.4) is 0 Å². The Hall–Kier alpha value is -5.58. The fourth-order valence-corrected chi connectivity index (χ4v) is 7.41. The van der Waals surface area contributed by atoms with Crippen LogP contribution in [0.4, 0.5) is 0 Å². The van der Waals surface area contributed by atoms with Gasteiger partial charge in [0.1, 0.15) is 6.17 Å². The number of hydrogen-bond acceptors (Lipinski definition) is 2. The molecule has 9 rings (SSSR count). The Morgan fingerprint density at radius 2 is 1.26 bits per heavy atom. The summed E-state index contributed by atoms with van der Waals surface area (Å²) in [6.07, 6.45) is 6.81. The van der Waals surface area contributed by atoms with E-state index < -0.39 is 0 Å². The van der Waals surface area contributed by atoms with E-state index >= 15 is 0 Å². The van der Waals surface area contributed by atoms with Gasteiger partial charge in [0.25, 0.3) is 0 Å². The lowest BCUT2D eigenvalue weighted by molar-refractivity contribution is 0.278. The van der Waals surface area contributed by atoms with Crippen LogP contribution in [-0.2, 0) is 6.54 Å². The van der Waals surface area contributed by atoms with Gasteiger partial charge in [0.15, 0.2) is 0 Å². The van der Waals surface area contributed by atoms with Crippen LogP contribution in [-0.4, -0.2) is 27.6 Å². The minimum atomic E-state index is 0.0388. The van der Waals surface area contributed by atoms with E-state index in [1.807, 2.05) is 0 Å². The maximum Gasteiger partial charge on any atom is 0.125 e. The van der Waals surface area contributed by atoms with Crippen molar-refractivity contribution in [2.24, 2.45) is 0 Å². The molecule has 0 amide bonds. The average molecular weight is 595 g/mol.